The molecule has 1 aromatic carbocycles. The van der Waals surface area contributed by atoms with Gasteiger partial charge in [-0.1, -0.05) is 6.07 Å². The molecule has 0 aromatic heterocycles. The summed E-state index contributed by atoms with van der Waals surface area (Å²) in [5.41, 5.74) is 2.27. The predicted molar refractivity (Wildman–Crippen MR) is 91.1 cm³/mol. The molecule has 3 amide bonds. The number of piperazine rings is 1. The van der Waals surface area contributed by atoms with Gasteiger partial charge in [-0.05, 0) is 43.5 Å². The van der Waals surface area contributed by atoms with Gasteiger partial charge in [0.15, 0.2) is 6.61 Å². The molecule has 2 saturated heterocycles. The van der Waals surface area contributed by atoms with Gasteiger partial charge in [-0.25, -0.2) is 0 Å². The Hall–Kier alpha value is -2.57. The van der Waals surface area contributed by atoms with Crippen molar-refractivity contribution in [2.24, 2.45) is 0 Å². The molecule has 2 aliphatic heterocycles. The van der Waals surface area contributed by atoms with Crippen LogP contribution in [0.3, 0.4) is 0 Å². The standard InChI is InChI=1S/C18H23N3O4/c1-11-4-5-14(6-12(11)2)25-10-16(22)19-13-7-15-18(24)20(3)9-17(23)21(15)8-13/h4-6,13,15H,7-10H2,1-3H3,(H,19,22)/t13-,15+/m1/s1. The molecule has 2 heterocycles. The maximum absolute atomic E-state index is 12.1. The van der Waals surface area contributed by atoms with E-state index in [9.17, 15) is 14.4 Å². The van der Waals surface area contributed by atoms with Gasteiger partial charge in [0.2, 0.25) is 11.8 Å². The van der Waals surface area contributed by atoms with Crippen LogP contribution in [0.15, 0.2) is 18.2 Å². The quantitative estimate of drug-likeness (QED) is 0.848. The number of hydrogen-bond donors (Lipinski definition) is 1. The fourth-order valence-electron chi connectivity index (χ4n) is 3.30. The Kier molecular flexibility index (Phi) is 4.65. The van der Waals surface area contributed by atoms with Gasteiger partial charge in [0, 0.05) is 19.6 Å². The third-order valence-electron chi connectivity index (χ3n) is 4.87. The highest BCUT2D eigenvalue weighted by Gasteiger charge is 2.44. The molecule has 7 heteroatoms. The van der Waals surface area contributed by atoms with Crippen molar-refractivity contribution >= 4 is 17.7 Å². The number of rotatable bonds is 4. The third-order valence-corrected chi connectivity index (χ3v) is 4.87. The van der Waals surface area contributed by atoms with E-state index < -0.39 is 6.04 Å². The molecule has 0 unspecified atom stereocenters. The number of ether oxygens (including phenoxy) is 1. The van der Waals surface area contributed by atoms with E-state index in [-0.39, 0.29) is 36.9 Å². The van der Waals surface area contributed by atoms with Gasteiger partial charge in [-0.3, -0.25) is 14.4 Å². The average Bonchev–Trinajstić information content (AvgIpc) is 2.98. The van der Waals surface area contributed by atoms with Gasteiger partial charge in [-0.2, -0.15) is 0 Å². The minimum Gasteiger partial charge on any atom is -0.484 e. The van der Waals surface area contributed by atoms with E-state index in [1.54, 1.807) is 11.9 Å². The lowest BCUT2D eigenvalue weighted by atomic mass is 10.1. The first-order chi connectivity index (χ1) is 11.8. The monoisotopic (exact) mass is 345 g/mol. The van der Waals surface area contributed by atoms with E-state index in [1.807, 2.05) is 32.0 Å². The Morgan fingerprint density at radius 3 is 2.76 bits per heavy atom. The van der Waals surface area contributed by atoms with E-state index >= 15 is 0 Å². The number of aryl methyl sites for hydroxylation is 2. The van der Waals surface area contributed by atoms with Crippen molar-refractivity contribution in [3.05, 3.63) is 29.3 Å². The fraction of sp³-hybridized carbons (Fsp3) is 0.500. The van der Waals surface area contributed by atoms with E-state index in [0.717, 1.165) is 5.56 Å². The number of carbonyl (C=O) groups excluding carboxylic acids is 3. The first-order valence-corrected chi connectivity index (χ1v) is 8.39. The van der Waals surface area contributed by atoms with Crippen molar-refractivity contribution in [2.45, 2.75) is 32.4 Å². The number of likely N-dealkylation sites (N-methyl/N-ethyl adjacent to an activating group) is 1. The van der Waals surface area contributed by atoms with Crippen molar-refractivity contribution in [1.29, 1.82) is 0 Å². The van der Waals surface area contributed by atoms with Gasteiger partial charge in [-0.15, -0.1) is 0 Å². The number of nitrogens with one attached hydrogen (secondary N) is 1. The molecule has 1 N–H and O–H groups in total. The number of carbonyl (C=O) groups is 3. The van der Waals surface area contributed by atoms with Crippen LogP contribution in [0.1, 0.15) is 17.5 Å². The van der Waals surface area contributed by atoms with Crippen LogP contribution in [0, 0.1) is 13.8 Å². The number of amides is 3. The maximum Gasteiger partial charge on any atom is 0.258 e. The molecule has 0 aliphatic carbocycles. The minimum atomic E-state index is -0.461. The number of nitrogens with zero attached hydrogens (tertiary/aromatic N) is 2. The summed E-state index contributed by atoms with van der Waals surface area (Å²) in [5.74, 6) is 0.253. The highest BCUT2D eigenvalue weighted by Crippen LogP contribution is 2.23. The van der Waals surface area contributed by atoms with E-state index in [2.05, 4.69) is 5.32 Å². The zero-order valence-corrected chi connectivity index (χ0v) is 14.7. The summed E-state index contributed by atoms with van der Waals surface area (Å²) < 4.78 is 5.52. The van der Waals surface area contributed by atoms with Crippen LogP contribution in [0.25, 0.3) is 0 Å². The summed E-state index contributed by atoms with van der Waals surface area (Å²) in [6, 6.07) is 4.99. The van der Waals surface area contributed by atoms with Gasteiger partial charge in [0.25, 0.3) is 5.91 Å². The van der Waals surface area contributed by atoms with Crippen molar-refractivity contribution in [1.82, 2.24) is 15.1 Å². The van der Waals surface area contributed by atoms with Crippen molar-refractivity contribution in [2.75, 3.05) is 26.7 Å². The predicted octanol–water partition coefficient (Wildman–Crippen LogP) is 0.240. The highest BCUT2D eigenvalue weighted by atomic mass is 16.5. The maximum atomic E-state index is 12.1. The van der Waals surface area contributed by atoms with E-state index in [0.29, 0.717) is 18.7 Å². The summed E-state index contributed by atoms with van der Waals surface area (Å²) in [5, 5.41) is 2.86. The zero-order chi connectivity index (χ0) is 18.1. The van der Waals surface area contributed by atoms with Crippen LogP contribution < -0.4 is 10.1 Å². The lowest BCUT2D eigenvalue weighted by Gasteiger charge is -2.33. The molecule has 0 saturated carbocycles. The normalized spacial score (nSPS) is 22.8. The number of fused-ring (bicyclic) bond motifs is 1. The molecule has 25 heavy (non-hydrogen) atoms. The average molecular weight is 345 g/mol. The smallest absolute Gasteiger partial charge is 0.258 e. The molecule has 3 rings (SSSR count). The summed E-state index contributed by atoms with van der Waals surface area (Å²) in [6.07, 6.45) is 0.449. The lowest BCUT2D eigenvalue weighted by molar-refractivity contribution is -0.152. The van der Waals surface area contributed by atoms with E-state index in [1.165, 1.54) is 10.5 Å². The Balaban J connectivity index is 1.53. The second-order valence-electron chi connectivity index (χ2n) is 6.79. The summed E-state index contributed by atoms with van der Waals surface area (Å²) in [4.78, 5) is 39.3. The molecule has 134 valence electrons. The molecule has 2 atom stereocenters. The molecular weight excluding hydrogens is 322 g/mol. The van der Waals surface area contributed by atoms with Gasteiger partial charge < -0.3 is 19.9 Å². The molecule has 0 spiro atoms. The van der Waals surface area contributed by atoms with Crippen LogP contribution in [0.4, 0.5) is 0 Å². The fourth-order valence-corrected chi connectivity index (χ4v) is 3.30. The summed E-state index contributed by atoms with van der Waals surface area (Å²) in [7, 11) is 1.63. The Labute approximate surface area is 146 Å². The zero-order valence-electron chi connectivity index (χ0n) is 14.7. The Bertz CT molecular complexity index is 718. The summed E-state index contributed by atoms with van der Waals surface area (Å²) >= 11 is 0. The Morgan fingerprint density at radius 1 is 1.28 bits per heavy atom. The molecular formula is C18H23N3O4. The second-order valence-corrected chi connectivity index (χ2v) is 6.79. The largest absolute Gasteiger partial charge is 0.484 e. The second kappa shape index (κ2) is 6.74. The molecule has 1 aromatic rings. The first-order valence-electron chi connectivity index (χ1n) is 8.39. The van der Waals surface area contributed by atoms with Crippen LogP contribution >= 0.6 is 0 Å². The number of benzene rings is 1. The third kappa shape index (κ3) is 3.60. The van der Waals surface area contributed by atoms with Crippen LogP contribution in [0.2, 0.25) is 0 Å². The Morgan fingerprint density at radius 2 is 2.04 bits per heavy atom. The van der Waals surface area contributed by atoms with Crippen molar-refractivity contribution in [3.8, 4) is 5.75 Å². The SMILES string of the molecule is Cc1ccc(OCC(=O)N[C@@H]2C[C@H]3C(=O)N(C)CC(=O)N3C2)cc1C. The molecule has 0 radical (unpaired) electrons. The summed E-state index contributed by atoms with van der Waals surface area (Å²) in [6.45, 7) is 4.39. The van der Waals surface area contributed by atoms with Crippen LogP contribution in [-0.2, 0) is 14.4 Å². The van der Waals surface area contributed by atoms with Crippen molar-refractivity contribution < 1.29 is 19.1 Å². The topological polar surface area (TPSA) is 79.0 Å². The van der Waals surface area contributed by atoms with Crippen molar-refractivity contribution in [3.63, 3.8) is 0 Å². The van der Waals surface area contributed by atoms with Crippen LogP contribution in [-0.4, -0.2) is 66.3 Å². The molecule has 2 aliphatic rings. The van der Waals surface area contributed by atoms with Gasteiger partial charge in [0.1, 0.15) is 11.8 Å². The van der Waals surface area contributed by atoms with Gasteiger partial charge in [0.05, 0.1) is 6.54 Å². The highest BCUT2D eigenvalue weighted by molar-refractivity contribution is 5.95. The first kappa shape index (κ1) is 17.3. The molecule has 2 fully saturated rings. The van der Waals surface area contributed by atoms with E-state index in [4.69, 9.17) is 4.74 Å². The lowest BCUT2D eigenvalue weighted by Crippen LogP contribution is -2.55. The molecule has 7 nitrogen and oxygen atoms in total. The number of hydrogen-bond acceptors (Lipinski definition) is 4. The minimum absolute atomic E-state index is 0.0669. The van der Waals surface area contributed by atoms with Crippen LogP contribution in [0.5, 0.6) is 5.75 Å². The molecule has 0 bridgehead atoms. The van der Waals surface area contributed by atoms with Gasteiger partial charge >= 0.3 is 0 Å².